The number of hydrogen-bond acceptors (Lipinski definition) is 2. The van der Waals surface area contributed by atoms with Gasteiger partial charge < -0.3 is 9.72 Å². The van der Waals surface area contributed by atoms with E-state index in [2.05, 4.69) is 40.8 Å². The topological polar surface area (TPSA) is 29.3 Å². The maximum Gasteiger partial charge on any atom is 0.137 e. The predicted octanol–water partition coefficient (Wildman–Crippen LogP) is 2.62. The molecule has 0 unspecified atom stereocenters. The van der Waals surface area contributed by atoms with Crippen LogP contribution < -0.4 is 5.32 Å². The summed E-state index contributed by atoms with van der Waals surface area (Å²) in [6.07, 6.45) is 4.08. The lowest BCUT2D eigenvalue weighted by Crippen LogP contribution is -2.12. The number of rotatable bonds is 4. The summed E-state index contributed by atoms with van der Waals surface area (Å²) in [7, 11) is 0. The lowest BCUT2D eigenvalue weighted by molar-refractivity contribution is 0.683. The van der Waals surface area contributed by atoms with Gasteiger partial charge in [0.1, 0.15) is 5.65 Å². The molecule has 0 saturated carbocycles. The van der Waals surface area contributed by atoms with Gasteiger partial charge in [0, 0.05) is 25.5 Å². The molecule has 3 aromatic rings. The maximum absolute atomic E-state index is 4.54. The van der Waals surface area contributed by atoms with Crippen molar-refractivity contribution in [1.82, 2.24) is 14.7 Å². The van der Waals surface area contributed by atoms with Gasteiger partial charge in [-0.25, -0.2) is 4.98 Å². The number of benzene rings is 1. The summed E-state index contributed by atoms with van der Waals surface area (Å²) in [5, 5.41) is 3.40. The fourth-order valence-corrected chi connectivity index (χ4v) is 2.00. The van der Waals surface area contributed by atoms with E-state index in [0.29, 0.717) is 0 Å². The zero-order valence-electron chi connectivity index (χ0n) is 10.1. The van der Waals surface area contributed by atoms with Crippen LogP contribution in [0.3, 0.4) is 0 Å². The number of hydrogen-bond donors (Lipinski definition) is 1. The molecule has 1 N–H and O–H groups in total. The summed E-state index contributed by atoms with van der Waals surface area (Å²) in [6.45, 7) is 1.66. The van der Waals surface area contributed by atoms with Gasteiger partial charge in [0.2, 0.25) is 0 Å². The Morgan fingerprint density at radius 2 is 1.78 bits per heavy atom. The second-order valence-corrected chi connectivity index (χ2v) is 4.29. The number of nitrogens with zero attached hydrogens (tertiary/aromatic N) is 2. The Morgan fingerprint density at radius 3 is 2.61 bits per heavy atom. The molecule has 0 aliphatic rings. The number of fused-ring (bicyclic) bond motifs is 1. The van der Waals surface area contributed by atoms with Gasteiger partial charge >= 0.3 is 0 Å². The summed E-state index contributed by atoms with van der Waals surface area (Å²) in [5.74, 6) is 0. The lowest BCUT2D eigenvalue weighted by Gasteiger charge is -2.01. The first-order chi connectivity index (χ1) is 8.92. The highest BCUT2D eigenvalue weighted by Gasteiger charge is 2.00. The third-order valence-electron chi connectivity index (χ3n) is 2.89. The SMILES string of the molecule is c1ccc(CNCc2cn3ccccc3n2)cc1. The monoisotopic (exact) mass is 237 g/mol. The second-order valence-electron chi connectivity index (χ2n) is 4.29. The predicted molar refractivity (Wildman–Crippen MR) is 72.2 cm³/mol. The van der Waals surface area contributed by atoms with Crippen molar-refractivity contribution in [3.63, 3.8) is 0 Å². The molecule has 0 radical (unpaired) electrons. The molecule has 18 heavy (non-hydrogen) atoms. The average molecular weight is 237 g/mol. The van der Waals surface area contributed by atoms with Crippen LogP contribution in [0.5, 0.6) is 0 Å². The molecule has 0 bridgehead atoms. The van der Waals surface area contributed by atoms with E-state index in [9.17, 15) is 0 Å². The van der Waals surface area contributed by atoms with Crippen molar-refractivity contribution in [3.8, 4) is 0 Å². The minimum atomic E-state index is 0.788. The summed E-state index contributed by atoms with van der Waals surface area (Å²) < 4.78 is 2.04. The quantitative estimate of drug-likeness (QED) is 0.755. The van der Waals surface area contributed by atoms with E-state index in [1.54, 1.807) is 0 Å². The second kappa shape index (κ2) is 5.02. The highest BCUT2D eigenvalue weighted by molar-refractivity contribution is 5.39. The fraction of sp³-hybridized carbons (Fsp3) is 0.133. The van der Waals surface area contributed by atoms with E-state index in [0.717, 1.165) is 24.4 Å². The van der Waals surface area contributed by atoms with Crippen LogP contribution in [0.15, 0.2) is 60.9 Å². The Labute approximate surface area is 106 Å². The van der Waals surface area contributed by atoms with Crippen LogP contribution in [-0.4, -0.2) is 9.38 Å². The van der Waals surface area contributed by atoms with Crippen LogP contribution in [-0.2, 0) is 13.1 Å². The molecule has 2 aromatic heterocycles. The van der Waals surface area contributed by atoms with Crippen LogP contribution in [0.1, 0.15) is 11.3 Å². The van der Waals surface area contributed by atoms with E-state index in [-0.39, 0.29) is 0 Å². The number of imidazole rings is 1. The van der Waals surface area contributed by atoms with Gasteiger partial charge in [0.25, 0.3) is 0 Å². The molecular formula is C15H15N3. The molecule has 0 amide bonds. The van der Waals surface area contributed by atoms with Gasteiger partial charge in [-0.2, -0.15) is 0 Å². The number of nitrogens with one attached hydrogen (secondary N) is 1. The van der Waals surface area contributed by atoms with Crippen LogP contribution in [0.4, 0.5) is 0 Å². The Kier molecular flexibility index (Phi) is 3.07. The first kappa shape index (κ1) is 11.0. The smallest absolute Gasteiger partial charge is 0.137 e. The van der Waals surface area contributed by atoms with Crippen molar-refractivity contribution in [1.29, 1.82) is 0 Å². The minimum Gasteiger partial charge on any atom is -0.307 e. The van der Waals surface area contributed by atoms with E-state index in [1.807, 2.05) is 34.9 Å². The third-order valence-corrected chi connectivity index (χ3v) is 2.89. The molecule has 3 nitrogen and oxygen atoms in total. The average Bonchev–Trinajstić information content (AvgIpc) is 2.82. The molecule has 0 aliphatic carbocycles. The summed E-state index contributed by atoms with van der Waals surface area (Å²) in [6, 6.07) is 16.4. The molecular weight excluding hydrogens is 222 g/mol. The molecule has 1 aromatic carbocycles. The van der Waals surface area contributed by atoms with Gasteiger partial charge in [-0.3, -0.25) is 0 Å². The molecule has 0 spiro atoms. The highest BCUT2D eigenvalue weighted by Crippen LogP contribution is 2.04. The van der Waals surface area contributed by atoms with Gasteiger partial charge in [0.05, 0.1) is 5.69 Å². The molecule has 0 aliphatic heterocycles. The first-order valence-electron chi connectivity index (χ1n) is 6.09. The van der Waals surface area contributed by atoms with Crippen molar-refractivity contribution >= 4 is 5.65 Å². The molecule has 3 heteroatoms. The zero-order valence-corrected chi connectivity index (χ0v) is 10.1. The Bertz CT molecular complexity index is 595. The fourth-order valence-electron chi connectivity index (χ4n) is 2.00. The molecule has 0 atom stereocenters. The van der Waals surface area contributed by atoms with Crippen LogP contribution >= 0.6 is 0 Å². The maximum atomic E-state index is 4.54. The van der Waals surface area contributed by atoms with E-state index >= 15 is 0 Å². The molecule has 2 heterocycles. The van der Waals surface area contributed by atoms with E-state index < -0.39 is 0 Å². The van der Waals surface area contributed by atoms with Crippen LogP contribution in [0.2, 0.25) is 0 Å². The summed E-state index contributed by atoms with van der Waals surface area (Å²) >= 11 is 0. The minimum absolute atomic E-state index is 0.788. The van der Waals surface area contributed by atoms with Gasteiger partial charge in [-0.05, 0) is 17.7 Å². The lowest BCUT2D eigenvalue weighted by atomic mass is 10.2. The zero-order chi connectivity index (χ0) is 12.2. The largest absolute Gasteiger partial charge is 0.307 e. The van der Waals surface area contributed by atoms with E-state index in [1.165, 1.54) is 5.56 Å². The van der Waals surface area contributed by atoms with Crippen molar-refractivity contribution in [2.24, 2.45) is 0 Å². The normalized spacial score (nSPS) is 10.9. The van der Waals surface area contributed by atoms with Crippen molar-refractivity contribution in [2.45, 2.75) is 13.1 Å². The van der Waals surface area contributed by atoms with E-state index in [4.69, 9.17) is 0 Å². The van der Waals surface area contributed by atoms with Crippen molar-refractivity contribution in [3.05, 3.63) is 72.2 Å². The Hall–Kier alpha value is -2.13. The molecule has 0 saturated heterocycles. The van der Waals surface area contributed by atoms with Gasteiger partial charge in [-0.1, -0.05) is 36.4 Å². The van der Waals surface area contributed by atoms with Gasteiger partial charge in [-0.15, -0.1) is 0 Å². The standard InChI is InChI=1S/C15H15N3/c1-2-6-13(7-3-1)10-16-11-14-12-18-9-5-4-8-15(18)17-14/h1-9,12,16H,10-11H2. The van der Waals surface area contributed by atoms with Crippen molar-refractivity contribution in [2.75, 3.05) is 0 Å². The van der Waals surface area contributed by atoms with Crippen LogP contribution in [0.25, 0.3) is 5.65 Å². The third kappa shape index (κ3) is 2.41. The highest BCUT2D eigenvalue weighted by atomic mass is 15.0. The Balaban J connectivity index is 1.63. The van der Waals surface area contributed by atoms with Gasteiger partial charge in [0.15, 0.2) is 0 Å². The van der Waals surface area contributed by atoms with Crippen LogP contribution in [0, 0.1) is 0 Å². The summed E-state index contributed by atoms with van der Waals surface area (Å²) in [5.41, 5.74) is 3.35. The Morgan fingerprint density at radius 1 is 0.944 bits per heavy atom. The number of pyridine rings is 1. The molecule has 3 rings (SSSR count). The first-order valence-corrected chi connectivity index (χ1v) is 6.09. The number of aromatic nitrogens is 2. The van der Waals surface area contributed by atoms with Crippen molar-refractivity contribution < 1.29 is 0 Å². The summed E-state index contributed by atoms with van der Waals surface area (Å²) in [4.78, 5) is 4.54. The molecule has 0 fully saturated rings. The molecule has 90 valence electrons.